The molecule has 30 heavy (non-hydrogen) atoms. The van der Waals surface area contributed by atoms with E-state index in [0.717, 1.165) is 44.2 Å². The van der Waals surface area contributed by atoms with Crippen molar-refractivity contribution in [3.05, 3.63) is 24.3 Å². The lowest BCUT2D eigenvalue weighted by molar-refractivity contribution is -0.135. The van der Waals surface area contributed by atoms with Gasteiger partial charge in [0.2, 0.25) is 5.91 Å². The van der Waals surface area contributed by atoms with Crippen molar-refractivity contribution in [3.8, 4) is 6.07 Å². The molecule has 1 amide bonds. The summed E-state index contributed by atoms with van der Waals surface area (Å²) in [7, 11) is -3.21. The molecule has 1 aromatic rings. The second-order valence-electron chi connectivity index (χ2n) is 9.50. The quantitative estimate of drug-likeness (QED) is 0.782. The summed E-state index contributed by atoms with van der Waals surface area (Å²) in [5.74, 6) is 0.583. The van der Waals surface area contributed by atoms with Crippen molar-refractivity contribution in [1.29, 1.82) is 5.26 Å². The summed E-state index contributed by atoms with van der Waals surface area (Å²) in [6.07, 6.45) is 6.87. The molecule has 8 heteroatoms. The van der Waals surface area contributed by atoms with Crippen LogP contribution in [0.2, 0.25) is 0 Å². The molecule has 6 unspecified atom stereocenters. The number of anilines is 1. The van der Waals surface area contributed by atoms with Gasteiger partial charge < -0.3 is 15.5 Å². The van der Waals surface area contributed by atoms with E-state index in [1.54, 1.807) is 17.0 Å². The molecule has 6 atom stereocenters. The molecule has 3 heterocycles. The van der Waals surface area contributed by atoms with Crippen molar-refractivity contribution in [2.45, 2.75) is 73.6 Å². The zero-order valence-electron chi connectivity index (χ0n) is 17.1. The lowest BCUT2D eigenvalue weighted by Crippen LogP contribution is -2.54. The summed E-state index contributed by atoms with van der Waals surface area (Å²) in [5, 5.41) is 9.41. The molecule has 2 N–H and O–H groups in total. The first-order valence-corrected chi connectivity index (χ1v) is 12.7. The summed E-state index contributed by atoms with van der Waals surface area (Å²) >= 11 is 0. The maximum absolute atomic E-state index is 13.1. The van der Waals surface area contributed by atoms with Gasteiger partial charge in [0.15, 0.2) is 9.84 Å². The van der Waals surface area contributed by atoms with E-state index in [2.05, 4.69) is 11.0 Å². The van der Waals surface area contributed by atoms with E-state index >= 15 is 0 Å². The molecule has 1 aromatic carbocycles. The van der Waals surface area contributed by atoms with Crippen LogP contribution in [0, 0.1) is 23.2 Å². The number of rotatable bonds is 4. The monoisotopic (exact) mass is 428 g/mol. The number of sulfone groups is 1. The number of hydrogen-bond acceptors (Lipinski definition) is 6. The van der Waals surface area contributed by atoms with Gasteiger partial charge in [-0.25, -0.2) is 8.42 Å². The lowest BCUT2D eigenvalue weighted by Gasteiger charge is -2.42. The van der Waals surface area contributed by atoms with Gasteiger partial charge in [0.1, 0.15) is 6.04 Å². The Morgan fingerprint density at radius 3 is 2.33 bits per heavy atom. The Hall–Kier alpha value is -2.11. The van der Waals surface area contributed by atoms with E-state index in [1.165, 1.54) is 6.26 Å². The largest absolute Gasteiger partial charge is 0.366 e. The molecule has 4 aliphatic rings. The van der Waals surface area contributed by atoms with Crippen molar-refractivity contribution < 1.29 is 13.2 Å². The summed E-state index contributed by atoms with van der Waals surface area (Å²) in [4.78, 5) is 17.7. The molecule has 5 rings (SSSR count). The van der Waals surface area contributed by atoms with E-state index in [9.17, 15) is 18.5 Å². The summed E-state index contributed by atoms with van der Waals surface area (Å²) in [6, 6.07) is 9.43. The fourth-order valence-corrected chi connectivity index (χ4v) is 6.69. The molecule has 4 fully saturated rings. The van der Waals surface area contributed by atoms with Gasteiger partial charge in [-0.2, -0.15) is 5.26 Å². The van der Waals surface area contributed by atoms with E-state index in [4.69, 9.17) is 5.73 Å². The fraction of sp³-hybridized carbons (Fsp3) is 0.636. The number of hydrogen-bond donors (Lipinski definition) is 1. The summed E-state index contributed by atoms with van der Waals surface area (Å²) in [5.41, 5.74) is 7.53. The normalized spacial score (nSPS) is 35.6. The van der Waals surface area contributed by atoms with Gasteiger partial charge >= 0.3 is 0 Å². The lowest BCUT2D eigenvalue weighted by atomic mass is 9.84. The fourth-order valence-electron chi connectivity index (χ4n) is 6.06. The number of amides is 1. The Morgan fingerprint density at radius 1 is 1.13 bits per heavy atom. The summed E-state index contributed by atoms with van der Waals surface area (Å²) < 4.78 is 23.5. The molecule has 2 bridgehead atoms. The van der Waals surface area contributed by atoms with Crippen molar-refractivity contribution >= 4 is 21.4 Å². The van der Waals surface area contributed by atoms with Gasteiger partial charge in [0.25, 0.3) is 0 Å². The van der Waals surface area contributed by atoms with Gasteiger partial charge in [-0.1, -0.05) is 0 Å². The second-order valence-corrected chi connectivity index (χ2v) is 11.5. The van der Waals surface area contributed by atoms with Crippen LogP contribution in [0.15, 0.2) is 29.2 Å². The Bertz CT molecular complexity index is 988. The topological polar surface area (TPSA) is 108 Å². The minimum Gasteiger partial charge on any atom is -0.366 e. The van der Waals surface area contributed by atoms with Gasteiger partial charge in [-0.15, -0.1) is 0 Å². The molecule has 160 valence electrons. The summed E-state index contributed by atoms with van der Waals surface area (Å²) in [6.45, 7) is 0. The Balaban J connectivity index is 1.29. The van der Waals surface area contributed by atoms with E-state index in [1.807, 2.05) is 12.1 Å². The third kappa shape index (κ3) is 3.19. The van der Waals surface area contributed by atoms with E-state index in [-0.39, 0.29) is 23.9 Å². The minimum atomic E-state index is -3.21. The molecule has 7 nitrogen and oxygen atoms in total. The predicted octanol–water partition coefficient (Wildman–Crippen LogP) is 1.68. The van der Waals surface area contributed by atoms with Crippen LogP contribution in [0.5, 0.6) is 0 Å². The number of nitriles is 1. The van der Waals surface area contributed by atoms with Crippen LogP contribution in [0.4, 0.5) is 5.69 Å². The maximum Gasteiger partial charge on any atom is 0.241 e. The van der Waals surface area contributed by atoms with Crippen LogP contribution in [0.25, 0.3) is 0 Å². The highest BCUT2D eigenvalue weighted by atomic mass is 32.2. The number of benzene rings is 1. The first-order valence-electron chi connectivity index (χ1n) is 10.8. The number of carbonyl (C=O) groups excluding carboxylic acids is 1. The highest BCUT2D eigenvalue weighted by molar-refractivity contribution is 7.90. The minimum absolute atomic E-state index is 0.0399. The zero-order valence-corrected chi connectivity index (χ0v) is 18.0. The molecule has 3 saturated heterocycles. The predicted molar refractivity (Wildman–Crippen MR) is 112 cm³/mol. The molecule has 0 spiro atoms. The van der Waals surface area contributed by atoms with Crippen molar-refractivity contribution in [3.63, 3.8) is 0 Å². The number of nitrogens with two attached hydrogens (primary N) is 1. The molecule has 1 aliphatic carbocycles. The van der Waals surface area contributed by atoms with Crippen LogP contribution < -0.4 is 10.6 Å². The third-order valence-electron chi connectivity index (χ3n) is 7.63. The van der Waals surface area contributed by atoms with E-state index in [0.29, 0.717) is 22.9 Å². The number of carbonyl (C=O) groups is 1. The number of fused-ring (bicyclic) bond motifs is 3. The van der Waals surface area contributed by atoms with Gasteiger partial charge in [0, 0.05) is 30.1 Å². The standard InChI is InChI=1S/C22H28N4O3S/c1-30(28,29)19-6-4-15(5-7-19)25-16-2-3-17(25)10-14(9-16)21(24)22(27)26-18(12-23)8-13-11-20(13)26/h4-7,13-14,16-18,20-21H,2-3,8-11,24H2,1H3. The average Bonchev–Trinajstić information content (AvgIpc) is 3.31. The maximum atomic E-state index is 13.1. The highest BCUT2D eigenvalue weighted by Crippen LogP contribution is 2.49. The van der Waals surface area contributed by atoms with Crippen LogP contribution in [0.1, 0.15) is 38.5 Å². The van der Waals surface area contributed by atoms with Gasteiger partial charge in [-0.3, -0.25) is 4.79 Å². The molecule has 3 aliphatic heterocycles. The van der Waals surface area contributed by atoms with Crippen LogP contribution >= 0.6 is 0 Å². The molecular formula is C22H28N4O3S. The van der Waals surface area contributed by atoms with E-state index < -0.39 is 15.9 Å². The zero-order chi connectivity index (χ0) is 21.2. The number of piperidine rings is 2. The molecule has 1 saturated carbocycles. The number of likely N-dealkylation sites (tertiary alicyclic amines) is 1. The molecule has 0 aromatic heterocycles. The van der Waals surface area contributed by atoms with Crippen molar-refractivity contribution in [2.24, 2.45) is 17.6 Å². The Labute approximate surface area is 177 Å². The third-order valence-corrected chi connectivity index (χ3v) is 8.76. The molecular weight excluding hydrogens is 400 g/mol. The molecule has 0 radical (unpaired) electrons. The van der Waals surface area contributed by atoms with Crippen LogP contribution in [0.3, 0.4) is 0 Å². The smallest absolute Gasteiger partial charge is 0.241 e. The SMILES string of the molecule is CS(=O)(=O)c1ccc(N2C3CCC2CC(C(N)C(=O)N2C(C#N)CC4CC42)C3)cc1. The Morgan fingerprint density at radius 2 is 1.77 bits per heavy atom. The Kier molecular flexibility index (Phi) is 4.60. The van der Waals surface area contributed by atoms with Gasteiger partial charge in [-0.05, 0) is 74.6 Å². The first-order chi connectivity index (χ1) is 14.3. The van der Waals surface area contributed by atoms with Crippen molar-refractivity contribution in [2.75, 3.05) is 11.2 Å². The van der Waals surface area contributed by atoms with Gasteiger partial charge in [0.05, 0.1) is 17.0 Å². The van der Waals surface area contributed by atoms with Crippen LogP contribution in [-0.4, -0.2) is 55.7 Å². The van der Waals surface area contributed by atoms with Crippen molar-refractivity contribution in [1.82, 2.24) is 4.90 Å². The second kappa shape index (κ2) is 6.96. The van der Waals surface area contributed by atoms with Crippen LogP contribution in [-0.2, 0) is 14.6 Å². The first kappa shape index (κ1) is 19.8. The highest BCUT2D eigenvalue weighted by Gasteiger charge is 2.55. The average molecular weight is 429 g/mol. The number of nitrogens with zero attached hydrogens (tertiary/aromatic N) is 3.